The normalized spacial score (nSPS) is 26.0. The maximum atomic E-state index is 13.3. The van der Waals surface area contributed by atoms with Crippen molar-refractivity contribution < 1.29 is 9.18 Å². The molecule has 0 unspecified atom stereocenters. The van der Waals surface area contributed by atoms with E-state index < -0.39 is 0 Å². The Hall–Kier alpha value is -2.20. The predicted octanol–water partition coefficient (Wildman–Crippen LogP) is 3.51. The van der Waals surface area contributed by atoms with Gasteiger partial charge < -0.3 is 4.90 Å². The molecule has 2 fully saturated rings. The van der Waals surface area contributed by atoms with E-state index in [2.05, 4.69) is 36.2 Å². The number of nitrogens with zero attached hydrogens (tertiary/aromatic N) is 2. The van der Waals surface area contributed by atoms with Crippen LogP contribution in [0.25, 0.3) is 0 Å². The summed E-state index contributed by atoms with van der Waals surface area (Å²) in [7, 11) is 2.17. The van der Waals surface area contributed by atoms with Crippen LogP contribution in [0.4, 0.5) is 4.39 Å². The van der Waals surface area contributed by atoms with E-state index in [9.17, 15) is 9.18 Å². The lowest BCUT2D eigenvalue weighted by atomic mass is 9.90. The summed E-state index contributed by atoms with van der Waals surface area (Å²) in [5, 5.41) is 0. The Kier molecular flexibility index (Phi) is 4.08. The lowest BCUT2D eigenvalue weighted by Gasteiger charge is -2.27. The van der Waals surface area contributed by atoms with Gasteiger partial charge in [0, 0.05) is 37.2 Å². The van der Waals surface area contributed by atoms with E-state index in [4.69, 9.17) is 0 Å². The van der Waals surface area contributed by atoms with Gasteiger partial charge in [-0.2, -0.15) is 0 Å². The van der Waals surface area contributed by atoms with Gasteiger partial charge in [-0.1, -0.05) is 30.3 Å². The number of benzene rings is 2. The Bertz CT molecular complexity index is 792. The second kappa shape index (κ2) is 6.26. The maximum Gasteiger partial charge on any atom is 0.254 e. The molecule has 0 radical (unpaired) electrons. The molecule has 1 amide bonds. The summed E-state index contributed by atoms with van der Waals surface area (Å²) in [6.07, 6.45) is 0. The van der Waals surface area contributed by atoms with Crippen LogP contribution < -0.4 is 0 Å². The number of rotatable bonds is 2. The van der Waals surface area contributed by atoms with Crippen molar-refractivity contribution in [1.29, 1.82) is 0 Å². The Morgan fingerprint density at radius 2 is 1.84 bits per heavy atom. The van der Waals surface area contributed by atoms with E-state index in [-0.39, 0.29) is 11.7 Å². The summed E-state index contributed by atoms with van der Waals surface area (Å²) < 4.78 is 13.3. The average molecular weight is 338 g/mol. The van der Waals surface area contributed by atoms with E-state index in [1.807, 2.05) is 11.0 Å². The van der Waals surface area contributed by atoms with Crippen molar-refractivity contribution >= 4 is 5.91 Å². The fourth-order valence-electron chi connectivity index (χ4n) is 4.61. The quantitative estimate of drug-likeness (QED) is 0.837. The van der Waals surface area contributed by atoms with Gasteiger partial charge in [0.2, 0.25) is 0 Å². The molecule has 0 bridgehead atoms. The van der Waals surface area contributed by atoms with Gasteiger partial charge in [0.1, 0.15) is 5.82 Å². The number of hydrogen-bond acceptors (Lipinski definition) is 2. The van der Waals surface area contributed by atoms with E-state index >= 15 is 0 Å². The highest BCUT2D eigenvalue weighted by atomic mass is 19.1. The van der Waals surface area contributed by atoms with Crippen molar-refractivity contribution in [2.24, 2.45) is 11.8 Å². The fourth-order valence-corrected chi connectivity index (χ4v) is 4.61. The van der Waals surface area contributed by atoms with Crippen molar-refractivity contribution in [2.45, 2.75) is 13.0 Å². The Morgan fingerprint density at radius 3 is 2.56 bits per heavy atom. The van der Waals surface area contributed by atoms with Crippen molar-refractivity contribution in [1.82, 2.24) is 9.80 Å². The standard InChI is InChI=1S/C21H23FN2O/c1-14-10-17(22)8-9-18(14)21(25)24-12-16-11-23(2)20(19(16)13-24)15-6-4-3-5-7-15/h3-10,16,19-20H,11-13H2,1-2H3/t16-,19+,20-/m0/s1. The van der Waals surface area contributed by atoms with Gasteiger partial charge in [-0.3, -0.25) is 9.69 Å². The van der Waals surface area contributed by atoms with Crippen LogP contribution in [0.5, 0.6) is 0 Å². The van der Waals surface area contributed by atoms with Crippen molar-refractivity contribution in [3.8, 4) is 0 Å². The lowest BCUT2D eigenvalue weighted by Crippen LogP contribution is -2.33. The van der Waals surface area contributed by atoms with E-state index in [0.29, 0.717) is 29.0 Å². The number of amides is 1. The monoisotopic (exact) mass is 338 g/mol. The molecular formula is C21H23FN2O. The number of hydrogen-bond donors (Lipinski definition) is 0. The second-order valence-corrected chi connectivity index (χ2v) is 7.39. The molecule has 0 spiro atoms. The molecule has 2 saturated heterocycles. The molecule has 130 valence electrons. The summed E-state index contributed by atoms with van der Waals surface area (Å²) in [4.78, 5) is 17.3. The molecule has 2 aliphatic rings. The maximum absolute atomic E-state index is 13.3. The van der Waals surface area contributed by atoms with Crippen LogP contribution in [-0.4, -0.2) is 42.4 Å². The third kappa shape index (κ3) is 2.85. The summed E-state index contributed by atoms with van der Waals surface area (Å²) in [5.41, 5.74) is 2.65. The molecule has 25 heavy (non-hydrogen) atoms. The third-order valence-corrected chi connectivity index (χ3v) is 5.74. The Balaban J connectivity index is 1.56. The van der Waals surface area contributed by atoms with Gasteiger partial charge in [-0.15, -0.1) is 0 Å². The highest BCUT2D eigenvalue weighted by Gasteiger charge is 2.47. The molecule has 0 aromatic heterocycles. The molecule has 2 aliphatic heterocycles. The number of aryl methyl sites for hydroxylation is 1. The SMILES string of the molecule is Cc1cc(F)ccc1C(=O)N1C[C@@H]2CN(C)[C@@H](c3ccccc3)[C@@H]2C1. The van der Waals surface area contributed by atoms with Crippen LogP contribution in [0.2, 0.25) is 0 Å². The molecule has 4 rings (SSSR count). The molecule has 2 heterocycles. The number of fused-ring (bicyclic) bond motifs is 1. The zero-order valence-electron chi connectivity index (χ0n) is 14.7. The molecule has 3 nitrogen and oxygen atoms in total. The van der Waals surface area contributed by atoms with Crippen molar-refractivity contribution in [3.05, 3.63) is 71.0 Å². The zero-order chi connectivity index (χ0) is 17.6. The Labute approximate surface area is 148 Å². The zero-order valence-corrected chi connectivity index (χ0v) is 14.7. The van der Waals surface area contributed by atoms with E-state index in [1.54, 1.807) is 13.0 Å². The smallest absolute Gasteiger partial charge is 0.254 e. The highest BCUT2D eigenvalue weighted by Crippen LogP contribution is 2.44. The largest absolute Gasteiger partial charge is 0.338 e. The van der Waals surface area contributed by atoms with Crippen molar-refractivity contribution in [2.75, 3.05) is 26.7 Å². The van der Waals surface area contributed by atoms with Gasteiger partial charge >= 0.3 is 0 Å². The third-order valence-electron chi connectivity index (χ3n) is 5.74. The predicted molar refractivity (Wildman–Crippen MR) is 95.8 cm³/mol. The summed E-state index contributed by atoms with van der Waals surface area (Å²) in [6.45, 7) is 4.36. The average Bonchev–Trinajstić information content (AvgIpc) is 3.11. The molecular weight excluding hydrogens is 315 g/mol. The van der Waals surface area contributed by atoms with Crippen LogP contribution in [0.3, 0.4) is 0 Å². The van der Waals surface area contributed by atoms with Gasteiger partial charge in [0.05, 0.1) is 0 Å². The van der Waals surface area contributed by atoms with Crippen LogP contribution in [-0.2, 0) is 0 Å². The molecule has 0 aliphatic carbocycles. The fraction of sp³-hybridized carbons (Fsp3) is 0.381. The van der Waals surface area contributed by atoms with Crippen LogP contribution in [0.1, 0.15) is 27.5 Å². The molecule has 2 aromatic carbocycles. The molecule has 2 aromatic rings. The topological polar surface area (TPSA) is 23.6 Å². The van der Waals surface area contributed by atoms with Gasteiger partial charge in [0.15, 0.2) is 0 Å². The summed E-state index contributed by atoms with van der Waals surface area (Å²) >= 11 is 0. The first-order valence-electron chi connectivity index (χ1n) is 8.85. The minimum atomic E-state index is -0.293. The molecule has 0 saturated carbocycles. The number of halogens is 1. The molecule has 3 atom stereocenters. The second-order valence-electron chi connectivity index (χ2n) is 7.39. The minimum Gasteiger partial charge on any atom is -0.338 e. The number of carbonyl (C=O) groups excluding carboxylic acids is 1. The first kappa shape index (κ1) is 16.3. The number of likely N-dealkylation sites (tertiary alicyclic amines) is 2. The molecule has 0 N–H and O–H groups in total. The van der Waals surface area contributed by atoms with Crippen LogP contribution in [0.15, 0.2) is 48.5 Å². The van der Waals surface area contributed by atoms with E-state index in [1.165, 1.54) is 17.7 Å². The lowest BCUT2D eigenvalue weighted by molar-refractivity contribution is 0.0767. The summed E-state index contributed by atoms with van der Waals surface area (Å²) in [6, 6.07) is 15.3. The first-order chi connectivity index (χ1) is 12.0. The van der Waals surface area contributed by atoms with Gasteiger partial charge in [-0.05, 0) is 49.2 Å². The number of carbonyl (C=O) groups is 1. The van der Waals surface area contributed by atoms with Crippen LogP contribution >= 0.6 is 0 Å². The highest BCUT2D eigenvalue weighted by molar-refractivity contribution is 5.95. The van der Waals surface area contributed by atoms with E-state index in [0.717, 1.165) is 19.6 Å². The minimum absolute atomic E-state index is 0.0290. The van der Waals surface area contributed by atoms with Crippen molar-refractivity contribution in [3.63, 3.8) is 0 Å². The molecule has 4 heteroatoms. The van der Waals surface area contributed by atoms with Gasteiger partial charge in [-0.25, -0.2) is 4.39 Å². The van der Waals surface area contributed by atoms with Crippen LogP contribution in [0, 0.1) is 24.6 Å². The first-order valence-corrected chi connectivity index (χ1v) is 8.85. The Morgan fingerprint density at radius 1 is 1.08 bits per heavy atom. The summed E-state index contributed by atoms with van der Waals surface area (Å²) in [5.74, 6) is 0.691. The van der Waals surface area contributed by atoms with Gasteiger partial charge in [0.25, 0.3) is 5.91 Å².